The minimum atomic E-state index is -0.253. The van der Waals surface area contributed by atoms with Crippen LogP contribution in [0.4, 0.5) is 0 Å². The van der Waals surface area contributed by atoms with Crippen molar-refractivity contribution in [2.24, 2.45) is 5.73 Å². The van der Waals surface area contributed by atoms with Crippen LogP contribution in [-0.4, -0.2) is 14.5 Å². The third-order valence-electron chi connectivity index (χ3n) is 2.75. The van der Waals surface area contributed by atoms with E-state index in [4.69, 9.17) is 5.73 Å². The van der Waals surface area contributed by atoms with E-state index in [9.17, 15) is 0 Å². The van der Waals surface area contributed by atoms with Crippen LogP contribution in [0.2, 0.25) is 0 Å². The molecule has 0 radical (unpaired) electrons. The van der Waals surface area contributed by atoms with Gasteiger partial charge in [0, 0.05) is 25.1 Å². The van der Waals surface area contributed by atoms with Crippen molar-refractivity contribution in [1.82, 2.24) is 14.5 Å². The molecule has 0 aliphatic carbocycles. The molecule has 1 unspecified atom stereocenters. The maximum absolute atomic E-state index is 6.21. The van der Waals surface area contributed by atoms with E-state index in [-0.39, 0.29) is 6.04 Å². The van der Waals surface area contributed by atoms with Gasteiger partial charge in [0.2, 0.25) is 0 Å². The van der Waals surface area contributed by atoms with Gasteiger partial charge in [0.25, 0.3) is 0 Å². The van der Waals surface area contributed by atoms with Crippen LogP contribution in [0.3, 0.4) is 0 Å². The molecule has 0 aliphatic rings. The second-order valence-corrected chi connectivity index (χ2v) is 4.21. The second kappa shape index (κ2) is 5.10. The van der Waals surface area contributed by atoms with E-state index in [1.54, 1.807) is 12.4 Å². The third-order valence-corrected chi connectivity index (χ3v) is 2.75. The Morgan fingerprint density at radius 3 is 2.88 bits per heavy atom. The van der Waals surface area contributed by atoms with Gasteiger partial charge in [-0.1, -0.05) is 6.92 Å². The number of hydrogen-bond acceptors (Lipinski definition) is 3. The minimum Gasteiger partial charge on any atom is -0.333 e. The SMILES string of the molecule is CCCn1ccnc1C(N)c1cc(C)ccn1. The lowest BCUT2D eigenvalue weighted by Gasteiger charge is -2.13. The number of imidazole rings is 1. The van der Waals surface area contributed by atoms with Gasteiger partial charge in [-0.15, -0.1) is 0 Å². The molecule has 90 valence electrons. The number of nitrogens with zero attached hydrogens (tertiary/aromatic N) is 3. The summed E-state index contributed by atoms with van der Waals surface area (Å²) in [6.07, 6.45) is 6.62. The van der Waals surface area contributed by atoms with Gasteiger partial charge < -0.3 is 10.3 Å². The summed E-state index contributed by atoms with van der Waals surface area (Å²) < 4.78 is 2.09. The fraction of sp³-hybridized carbons (Fsp3) is 0.385. The molecule has 0 amide bonds. The van der Waals surface area contributed by atoms with E-state index in [0.717, 1.165) is 24.5 Å². The predicted molar refractivity (Wildman–Crippen MR) is 67.5 cm³/mol. The highest BCUT2D eigenvalue weighted by molar-refractivity contribution is 5.22. The van der Waals surface area contributed by atoms with Gasteiger partial charge in [-0.2, -0.15) is 0 Å². The van der Waals surface area contributed by atoms with Gasteiger partial charge in [0.05, 0.1) is 5.69 Å². The molecule has 2 N–H and O–H groups in total. The topological polar surface area (TPSA) is 56.7 Å². The van der Waals surface area contributed by atoms with Gasteiger partial charge >= 0.3 is 0 Å². The zero-order chi connectivity index (χ0) is 12.3. The summed E-state index contributed by atoms with van der Waals surface area (Å²) in [7, 11) is 0. The van der Waals surface area contributed by atoms with Crippen LogP contribution in [0.15, 0.2) is 30.7 Å². The second-order valence-electron chi connectivity index (χ2n) is 4.21. The first-order valence-corrected chi connectivity index (χ1v) is 5.91. The van der Waals surface area contributed by atoms with Crippen molar-refractivity contribution in [3.8, 4) is 0 Å². The first kappa shape index (κ1) is 11.8. The van der Waals surface area contributed by atoms with E-state index in [1.165, 1.54) is 5.56 Å². The van der Waals surface area contributed by atoms with Gasteiger partial charge in [-0.25, -0.2) is 4.98 Å². The van der Waals surface area contributed by atoms with Crippen LogP contribution in [0.1, 0.15) is 36.5 Å². The Morgan fingerprint density at radius 2 is 2.18 bits per heavy atom. The molecule has 0 saturated carbocycles. The van der Waals surface area contributed by atoms with Crippen LogP contribution >= 0.6 is 0 Å². The first-order valence-electron chi connectivity index (χ1n) is 5.91. The van der Waals surface area contributed by atoms with Crippen molar-refractivity contribution in [2.45, 2.75) is 32.9 Å². The standard InChI is InChI=1S/C13H18N4/c1-3-7-17-8-6-16-13(17)12(14)11-9-10(2)4-5-15-11/h4-6,8-9,12H,3,7,14H2,1-2H3. The molecular formula is C13H18N4. The Morgan fingerprint density at radius 1 is 1.35 bits per heavy atom. The molecule has 4 heteroatoms. The van der Waals surface area contributed by atoms with E-state index in [2.05, 4.69) is 21.5 Å². The summed E-state index contributed by atoms with van der Waals surface area (Å²) in [4.78, 5) is 8.66. The summed E-state index contributed by atoms with van der Waals surface area (Å²) in [5, 5.41) is 0. The first-order chi connectivity index (χ1) is 8.22. The molecule has 17 heavy (non-hydrogen) atoms. The van der Waals surface area contributed by atoms with Gasteiger partial charge in [0.15, 0.2) is 0 Å². The molecule has 2 aromatic rings. The Bertz CT molecular complexity index is 490. The lowest BCUT2D eigenvalue weighted by molar-refractivity contribution is 0.607. The van der Waals surface area contributed by atoms with Crippen molar-refractivity contribution in [1.29, 1.82) is 0 Å². The van der Waals surface area contributed by atoms with Crippen LogP contribution in [-0.2, 0) is 6.54 Å². The number of aromatic nitrogens is 3. The average molecular weight is 230 g/mol. The smallest absolute Gasteiger partial charge is 0.131 e. The molecule has 2 aromatic heterocycles. The summed E-state index contributed by atoms with van der Waals surface area (Å²) in [6.45, 7) is 5.12. The largest absolute Gasteiger partial charge is 0.333 e. The van der Waals surface area contributed by atoms with Crippen LogP contribution < -0.4 is 5.73 Å². The quantitative estimate of drug-likeness (QED) is 0.874. The highest BCUT2D eigenvalue weighted by Crippen LogP contribution is 2.17. The van der Waals surface area contributed by atoms with Crippen molar-refractivity contribution in [3.05, 3.63) is 47.8 Å². The number of pyridine rings is 1. The number of hydrogen-bond donors (Lipinski definition) is 1. The Balaban J connectivity index is 2.30. The van der Waals surface area contributed by atoms with E-state index in [0.29, 0.717) is 0 Å². The highest BCUT2D eigenvalue weighted by Gasteiger charge is 2.15. The van der Waals surface area contributed by atoms with E-state index >= 15 is 0 Å². The molecule has 0 aromatic carbocycles. The monoisotopic (exact) mass is 230 g/mol. The van der Waals surface area contributed by atoms with Crippen molar-refractivity contribution in [2.75, 3.05) is 0 Å². The van der Waals surface area contributed by atoms with Crippen molar-refractivity contribution < 1.29 is 0 Å². The lowest BCUT2D eigenvalue weighted by Crippen LogP contribution is -2.19. The van der Waals surface area contributed by atoms with Crippen molar-refractivity contribution >= 4 is 0 Å². The zero-order valence-corrected chi connectivity index (χ0v) is 10.3. The van der Waals surface area contributed by atoms with Crippen LogP contribution in [0.5, 0.6) is 0 Å². The fourth-order valence-corrected chi connectivity index (χ4v) is 1.89. The Hall–Kier alpha value is -1.68. The molecule has 4 nitrogen and oxygen atoms in total. The molecule has 2 heterocycles. The minimum absolute atomic E-state index is 0.253. The maximum Gasteiger partial charge on any atom is 0.131 e. The number of nitrogens with two attached hydrogens (primary N) is 1. The predicted octanol–water partition coefficient (Wildman–Crippen LogP) is 2.04. The molecule has 2 rings (SSSR count). The van der Waals surface area contributed by atoms with Crippen LogP contribution in [0.25, 0.3) is 0 Å². The Kier molecular flexibility index (Phi) is 3.54. The molecule has 0 bridgehead atoms. The maximum atomic E-state index is 6.21. The summed E-state index contributed by atoms with van der Waals surface area (Å²) in [5.74, 6) is 0.880. The molecular weight excluding hydrogens is 212 g/mol. The highest BCUT2D eigenvalue weighted by atomic mass is 15.1. The van der Waals surface area contributed by atoms with Gasteiger partial charge in [0.1, 0.15) is 11.9 Å². The number of rotatable bonds is 4. The Labute approximate surface area is 102 Å². The summed E-state index contributed by atoms with van der Waals surface area (Å²) >= 11 is 0. The zero-order valence-electron chi connectivity index (χ0n) is 10.3. The average Bonchev–Trinajstić information content (AvgIpc) is 2.77. The van der Waals surface area contributed by atoms with Gasteiger partial charge in [-0.05, 0) is 31.0 Å². The normalized spacial score (nSPS) is 12.6. The molecule has 0 spiro atoms. The number of aryl methyl sites for hydroxylation is 2. The third kappa shape index (κ3) is 2.53. The van der Waals surface area contributed by atoms with Crippen LogP contribution in [0, 0.1) is 6.92 Å². The molecule has 0 fully saturated rings. The lowest BCUT2D eigenvalue weighted by atomic mass is 10.1. The van der Waals surface area contributed by atoms with E-state index in [1.807, 2.05) is 25.3 Å². The summed E-state index contributed by atoms with van der Waals surface area (Å²) in [5.41, 5.74) is 8.25. The molecule has 0 aliphatic heterocycles. The van der Waals surface area contributed by atoms with E-state index < -0.39 is 0 Å². The molecule has 1 atom stereocenters. The molecule has 0 saturated heterocycles. The summed E-state index contributed by atoms with van der Waals surface area (Å²) in [6, 6.07) is 3.72. The van der Waals surface area contributed by atoms with Crippen molar-refractivity contribution in [3.63, 3.8) is 0 Å². The fourth-order valence-electron chi connectivity index (χ4n) is 1.89. The van der Waals surface area contributed by atoms with Gasteiger partial charge in [-0.3, -0.25) is 4.98 Å².